The lowest BCUT2D eigenvalue weighted by atomic mass is 10.1. The van der Waals surface area contributed by atoms with E-state index < -0.39 is 16.4 Å². The molecule has 0 amide bonds. The number of aldehydes is 1. The minimum absolute atomic E-state index is 0. The Hall–Kier alpha value is -1.82. The third-order valence-electron chi connectivity index (χ3n) is 1.56. The van der Waals surface area contributed by atoms with Gasteiger partial charge in [-0.15, -0.1) is 0 Å². The van der Waals surface area contributed by atoms with Crippen LogP contribution in [-0.4, -0.2) is 11.2 Å². The van der Waals surface area contributed by atoms with Crippen molar-refractivity contribution in [3.63, 3.8) is 0 Å². The van der Waals surface area contributed by atoms with Crippen LogP contribution in [0.5, 0.6) is 0 Å². The number of rotatable bonds is 3. The Balaban J connectivity index is 0.00000169. The molecule has 0 aromatic heterocycles. The zero-order valence-electron chi connectivity index (χ0n) is 7.27. The highest BCUT2D eigenvalue weighted by molar-refractivity contribution is 5.59. The number of benzene rings is 1. The maximum atomic E-state index is 12.9. The Kier molecular flexibility index (Phi) is 4.37. The molecule has 0 unspecified atom stereocenters. The van der Waals surface area contributed by atoms with Crippen LogP contribution in [-0.2, 0) is 11.2 Å². The summed E-state index contributed by atoms with van der Waals surface area (Å²) in [5, 5.41) is 10.4. The van der Waals surface area contributed by atoms with Crippen molar-refractivity contribution in [2.45, 2.75) is 6.42 Å². The molecule has 0 spiro atoms. The molecule has 1 aromatic carbocycles. The summed E-state index contributed by atoms with van der Waals surface area (Å²) in [5.74, 6) is -0.913. The van der Waals surface area contributed by atoms with Crippen molar-refractivity contribution in [2.75, 3.05) is 0 Å². The predicted octanol–water partition coefficient (Wildman–Crippen LogP) is 1.64. The summed E-state index contributed by atoms with van der Waals surface area (Å²) in [7, 11) is 0. The van der Waals surface area contributed by atoms with Crippen molar-refractivity contribution in [2.24, 2.45) is 0 Å². The number of carbonyl (C=O) groups is 1. The van der Waals surface area contributed by atoms with Gasteiger partial charge in [-0.3, -0.25) is 10.1 Å². The first kappa shape index (κ1) is 12.2. The topological polar surface area (TPSA) is 95.2 Å². The molecule has 0 bridgehead atoms. The molecule has 1 aromatic rings. The van der Waals surface area contributed by atoms with Crippen molar-refractivity contribution in [3.05, 3.63) is 39.7 Å². The van der Waals surface area contributed by atoms with Crippen molar-refractivity contribution in [1.82, 2.24) is 6.15 Å². The second-order valence-electron chi connectivity index (χ2n) is 2.38. The van der Waals surface area contributed by atoms with E-state index in [1.54, 1.807) is 0 Å². The van der Waals surface area contributed by atoms with Crippen LogP contribution in [0, 0.1) is 15.9 Å². The molecule has 0 saturated carbocycles. The van der Waals surface area contributed by atoms with Crippen molar-refractivity contribution in [3.8, 4) is 0 Å². The Morgan fingerprint density at radius 3 is 2.64 bits per heavy atom. The molecule has 3 N–H and O–H groups in total. The lowest BCUT2D eigenvalue weighted by molar-refractivity contribution is -0.388. The van der Waals surface area contributed by atoms with Gasteiger partial charge < -0.3 is 10.9 Å². The smallest absolute Gasteiger partial charge is 0.308 e. The highest BCUT2D eigenvalue weighted by atomic mass is 19.1. The number of carbonyl (C=O) groups excluding carboxylic acids is 1. The summed E-state index contributed by atoms with van der Waals surface area (Å²) in [4.78, 5) is 19.7. The van der Waals surface area contributed by atoms with Gasteiger partial charge in [0.1, 0.15) is 6.29 Å². The summed E-state index contributed by atoms with van der Waals surface area (Å²) in [5.41, 5.74) is -0.519. The molecule has 6 heteroatoms. The van der Waals surface area contributed by atoms with E-state index in [0.717, 1.165) is 6.07 Å². The number of nitro benzene ring substituents is 1. The first-order valence-electron chi connectivity index (χ1n) is 3.52. The molecule has 0 atom stereocenters. The van der Waals surface area contributed by atoms with Gasteiger partial charge in [-0.25, -0.2) is 0 Å². The monoisotopic (exact) mass is 200 g/mol. The second kappa shape index (κ2) is 5.03. The summed E-state index contributed by atoms with van der Waals surface area (Å²) in [6.07, 6.45) is 0.357. The van der Waals surface area contributed by atoms with Crippen LogP contribution >= 0.6 is 0 Å². The molecular weight excluding hydrogens is 191 g/mol. The number of nitrogens with zero attached hydrogens (tertiary/aromatic N) is 1. The molecule has 0 heterocycles. The maximum absolute atomic E-state index is 12.9. The molecule has 0 aliphatic carbocycles. The summed E-state index contributed by atoms with van der Waals surface area (Å²) >= 11 is 0. The Bertz CT molecular complexity index is 354. The zero-order valence-corrected chi connectivity index (χ0v) is 7.27. The molecule has 0 radical (unpaired) electrons. The van der Waals surface area contributed by atoms with E-state index in [4.69, 9.17) is 0 Å². The van der Waals surface area contributed by atoms with Crippen molar-refractivity contribution < 1.29 is 14.1 Å². The first-order valence-corrected chi connectivity index (χ1v) is 3.52. The predicted molar refractivity (Wildman–Crippen MR) is 47.8 cm³/mol. The summed E-state index contributed by atoms with van der Waals surface area (Å²) < 4.78 is 12.9. The van der Waals surface area contributed by atoms with Crippen LogP contribution in [0.2, 0.25) is 0 Å². The SMILES string of the molecule is N.O=CCc1cccc(F)c1[N+](=O)[O-]. The van der Waals surface area contributed by atoms with Crippen LogP contribution in [0.1, 0.15) is 5.56 Å². The van der Waals surface area contributed by atoms with Gasteiger partial charge >= 0.3 is 5.69 Å². The number of hydrogen-bond donors (Lipinski definition) is 1. The molecular formula is C8H9FN2O3. The van der Waals surface area contributed by atoms with Gasteiger partial charge in [-0.1, -0.05) is 12.1 Å². The molecule has 0 aliphatic rings. The third kappa shape index (κ3) is 2.33. The van der Waals surface area contributed by atoms with E-state index in [9.17, 15) is 19.3 Å². The van der Waals surface area contributed by atoms with Gasteiger partial charge in [0.25, 0.3) is 0 Å². The third-order valence-corrected chi connectivity index (χ3v) is 1.56. The number of hydrogen-bond acceptors (Lipinski definition) is 4. The van der Waals surface area contributed by atoms with Crippen LogP contribution in [0.15, 0.2) is 18.2 Å². The van der Waals surface area contributed by atoms with E-state index in [2.05, 4.69) is 0 Å². The average Bonchev–Trinajstić information content (AvgIpc) is 2.04. The quantitative estimate of drug-likeness (QED) is 0.455. The molecule has 14 heavy (non-hydrogen) atoms. The molecule has 0 fully saturated rings. The molecule has 0 aliphatic heterocycles. The summed E-state index contributed by atoms with van der Waals surface area (Å²) in [6.45, 7) is 0. The molecule has 76 valence electrons. The fraction of sp³-hybridized carbons (Fsp3) is 0.125. The minimum atomic E-state index is -0.913. The number of halogens is 1. The highest BCUT2D eigenvalue weighted by Gasteiger charge is 2.18. The number of para-hydroxylation sites is 1. The van der Waals surface area contributed by atoms with Gasteiger partial charge in [-0.05, 0) is 6.07 Å². The molecule has 5 nitrogen and oxygen atoms in total. The normalized spacial score (nSPS) is 8.93. The Labute approximate surface area is 79.3 Å². The van der Waals surface area contributed by atoms with E-state index in [1.165, 1.54) is 12.1 Å². The molecule has 1 rings (SSSR count). The van der Waals surface area contributed by atoms with Crippen molar-refractivity contribution in [1.29, 1.82) is 0 Å². The fourth-order valence-corrected chi connectivity index (χ4v) is 1.02. The average molecular weight is 200 g/mol. The van der Waals surface area contributed by atoms with Gasteiger partial charge in [0.05, 0.1) is 4.92 Å². The second-order valence-corrected chi connectivity index (χ2v) is 2.38. The van der Waals surface area contributed by atoms with Crippen molar-refractivity contribution >= 4 is 12.0 Å². The zero-order chi connectivity index (χ0) is 9.84. The van der Waals surface area contributed by atoms with E-state index >= 15 is 0 Å². The van der Waals surface area contributed by atoms with Crippen LogP contribution in [0.3, 0.4) is 0 Å². The maximum Gasteiger partial charge on any atom is 0.308 e. The Morgan fingerprint density at radius 1 is 1.50 bits per heavy atom. The summed E-state index contributed by atoms with van der Waals surface area (Å²) in [6, 6.07) is 3.68. The fourth-order valence-electron chi connectivity index (χ4n) is 1.02. The van der Waals surface area contributed by atoms with Gasteiger partial charge in [0.15, 0.2) is 0 Å². The molecule has 0 saturated heterocycles. The van der Waals surface area contributed by atoms with Gasteiger partial charge in [0, 0.05) is 12.0 Å². The van der Waals surface area contributed by atoms with Gasteiger partial charge in [-0.2, -0.15) is 4.39 Å². The highest BCUT2D eigenvalue weighted by Crippen LogP contribution is 2.21. The minimum Gasteiger partial charge on any atom is -0.344 e. The van der Waals surface area contributed by atoms with Crippen LogP contribution in [0.25, 0.3) is 0 Å². The van der Waals surface area contributed by atoms with E-state index in [1.807, 2.05) is 0 Å². The van der Waals surface area contributed by atoms with Crippen LogP contribution in [0.4, 0.5) is 10.1 Å². The first-order chi connectivity index (χ1) is 6.16. The number of nitro groups is 1. The van der Waals surface area contributed by atoms with E-state index in [0.29, 0.717) is 6.29 Å². The van der Waals surface area contributed by atoms with Crippen LogP contribution < -0.4 is 6.15 Å². The lowest BCUT2D eigenvalue weighted by Gasteiger charge is -1.98. The largest absolute Gasteiger partial charge is 0.344 e. The lowest BCUT2D eigenvalue weighted by Crippen LogP contribution is -1.99. The van der Waals surface area contributed by atoms with E-state index in [-0.39, 0.29) is 18.1 Å². The standard InChI is InChI=1S/C8H6FNO3.H3N/c9-7-3-1-2-6(4-5-11)8(7)10(12)13;/h1-3,5H,4H2;1H3. The Morgan fingerprint density at radius 2 is 2.14 bits per heavy atom. The van der Waals surface area contributed by atoms with Gasteiger partial charge in [0.2, 0.25) is 5.82 Å².